The van der Waals surface area contributed by atoms with E-state index in [9.17, 15) is 9.59 Å². The van der Waals surface area contributed by atoms with Crippen molar-refractivity contribution in [1.29, 1.82) is 0 Å². The number of hydrogen-bond donors (Lipinski definition) is 2. The Kier molecular flexibility index (Phi) is 9.08. The van der Waals surface area contributed by atoms with Crippen LogP contribution in [0.4, 0.5) is 5.69 Å². The lowest BCUT2D eigenvalue weighted by Gasteiger charge is -2.10. The van der Waals surface area contributed by atoms with Crippen molar-refractivity contribution in [3.05, 3.63) is 93.0 Å². The number of amides is 2. The molecular formula is C26H25Cl2N3O3. The van der Waals surface area contributed by atoms with Crippen molar-refractivity contribution in [1.82, 2.24) is 5.43 Å². The molecule has 0 aliphatic heterocycles. The maximum absolute atomic E-state index is 12.2. The number of aryl methyl sites for hydroxylation is 2. The van der Waals surface area contributed by atoms with Crippen molar-refractivity contribution in [3.8, 4) is 5.75 Å². The fourth-order valence-electron chi connectivity index (χ4n) is 3.05. The molecule has 0 aliphatic carbocycles. The van der Waals surface area contributed by atoms with Crippen molar-refractivity contribution >= 4 is 46.9 Å². The number of hydrazone groups is 1. The molecule has 2 amide bonds. The first-order valence-corrected chi connectivity index (χ1v) is 11.4. The highest BCUT2D eigenvalue weighted by atomic mass is 35.5. The summed E-state index contributed by atoms with van der Waals surface area (Å²) in [6, 6.07) is 18.3. The van der Waals surface area contributed by atoms with Crippen LogP contribution in [0.2, 0.25) is 10.0 Å². The Labute approximate surface area is 208 Å². The zero-order chi connectivity index (χ0) is 24.5. The molecule has 6 nitrogen and oxygen atoms in total. The number of rotatable bonds is 9. The molecule has 8 heteroatoms. The highest BCUT2D eigenvalue weighted by molar-refractivity contribution is 6.35. The van der Waals surface area contributed by atoms with E-state index in [1.807, 2.05) is 50.2 Å². The van der Waals surface area contributed by atoms with Gasteiger partial charge in [-0.25, -0.2) is 5.43 Å². The van der Waals surface area contributed by atoms with Gasteiger partial charge in [0, 0.05) is 39.7 Å². The highest BCUT2D eigenvalue weighted by Crippen LogP contribution is 2.24. The molecule has 0 bridgehead atoms. The number of ether oxygens (including phenoxy) is 1. The number of para-hydroxylation sites is 1. The minimum absolute atomic E-state index is 0.0151. The van der Waals surface area contributed by atoms with E-state index in [-0.39, 0.29) is 31.3 Å². The normalized spacial score (nSPS) is 10.8. The molecule has 2 N–H and O–H groups in total. The monoisotopic (exact) mass is 497 g/mol. The number of carbonyl (C=O) groups is 2. The zero-order valence-electron chi connectivity index (χ0n) is 18.9. The Bertz CT molecular complexity index is 1210. The van der Waals surface area contributed by atoms with Crippen LogP contribution in [0.1, 0.15) is 35.1 Å². The van der Waals surface area contributed by atoms with Gasteiger partial charge in [-0.3, -0.25) is 9.59 Å². The largest absolute Gasteiger partial charge is 0.488 e. The second-order valence-corrected chi connectivity index (χ2v) is 8.57. The highest BCUT2D eigenvalue weighted by Gasteiger charge is 2.09. The van der Waals surface area contributed by atoms with Crippen LogP contribution in [0.15, 0.2) is 65.8 Å². The molecule has 34 heavy (non-hydrogen) atoms. The first kappa shape index (κ1) is 25.3. The Balaban J connectivity index is 1.49. The molecule has 3 aromatic rings. The summed E-state index contributed by atoms with van der Waals surface area (Å²) in [6.45, 7) is 4.13. The molecule has 0 atom stereocenters. The zero-order valence-corrected chi connectivity index (χ0v) is 20.4. The van der Waals surface area contributed by atoms with E-state index in [2.05, 4.69) is 15.8 Å². The summed E-state index contributed by atoms with van der Waals surface area (Å²) in [5.74, 6) is -0.00874. The lowest BCUT2D eigenvalue weighted by molar-refractivity contribution is -0.124. The molecule has 0 unspecified atom stereocenters. The van der Waals surface area contributed by atoms with Gasteiger partial charge >= 0.3 is 0 Å². The van der Waals surface area contributed by atoms with E-state index in [0.717, 1.165) is 22.4 Å². The number of carbonyl (C=O) groups excluding carboxylic acids is 2. The van der Waals surface area contributed by atoms with E-state index in [0.29, 0.717) is 21.4 Å². The molecule has 3 rings (SSSR count). The number of benzene rings is 3. The minimum Gasteiger partial charge on any atom is -0.488 e. The van der Waals surface area contributed by atoms with Crippen LogP contribution < -0.4 is 15.5 Å². The maximum atomic E-state index is 12.2. The lowest BCUT2D eigenvalue weighted by Crippen LogP contribution is -2.21. The van der Waals surface area contributed by atoms with Crippen LogP contribution in [0.5, 0.6) is 5.75 Å². The topological polar surface area (TPSA) is 79.8 Å². The second-order valence-electron chi connectivity index (χ2n) is 7.72. The molecular weight excluding hydrogens is 473 g/mol. The van der Waals surface area contributed by atoms with Crippen molar-refractivity contribution in [2.24, 2.45) is 5.10 Å². The van der Waals surface area contributed by atoms with Gasteiger partial charge in [0.25, 0.3) is 0 Å². The van der Waals surface area contributed by atoms with Gasteiger partial charge in [0.1, 0.15) is 12.4 Å². The fraction of sp³-hybridized carbons (Fsp3) is 0.192. The lowest BCUT2D eigenvalue weighted by atomic mass is 10.1. The maximum Gasteiger partial charge on any atom is 0.240 e. The third-order valence-electron chi connectivity index (χ3n) is 4.96. The summed E-state index contributed by atoms with van der Waals surface area (Å²) in [6.07, 6.45) is 1.56. The number of hydrogen-bond acceptors (Lipinski definition) is 4. The predicted octanol–water partition coefficient (Wildman–Crippen LogP) is 6.06. The van der Waals surface area contributed by atoms with Gasteiger partial charge in [0.15, 0.2) is 0 Å². The molecule has 0 radical (unpaired) electrons. The summed E-state index contributed by atoms with van der Waals surface area (Å²) in [5.41, 5.74) is 6.69. The average molecular weight is 498 g/mol. The van der Waals surface area contributed by atoms with Gasteiger partial charge in [0.05, 0.1) is 6.21 Å². The summed E-state index contributed by atoms with van der Waals surface area (Å²) in [5, 5.41) is 7.91. The molecule has 3 aromatic carbocycles. The Morgan fingerprint density at radius 1 is 0.971 bits per heavy atom. The van der Waals surface area contributed by atoms with Gasteiger partial charge in [-0.05, 0) is 55.3 Å². The molecule has 0 aliphatic rings. The fourth-order valence-corrected chi connectivity index (χ4v) is 3.52. The van der Waals surface area contributed by atoms with Crippen LogP contribution in [0, 0.1) is 13.8 Å². The van der Waals surface area contributed by atoms with Crippen LogP contribution in [-0.2, 0) is 16.2 Å². The van der Waals surface area contributed by atoms with Gasteiger partial charge in [0.2, 0.25) is 11.8 Å². The van der Waals surface area contributed by atoms with E-state index in [4.69, 9.17) is 27.9 Å². The van der Waals surface area contributed by atoms with Gasteiger partial charge in [-0.15, -0.1) is 0 Å². The van der Waals surface area contributed by atoms with Crippen LogP contribution >= 0.6 is 23.2 Å². The van der Waals surface area contributed by atoms with Crippen LogP contribution in [0.3, 0.4) is 0 Å². The quantitative estimate of drug-likeness (QED) is 0.278. The molecule has 0 spiro atoms. The summed E-state index contributed by atoms with van der Waals surface area (Å²) < 4.78 is 5.87. The van der Waals surface area contributed by atoms with Gasteiger partial charge in [-0.2, -0.15) is 5.10 Å². The van der Waals surface area contributed by atoms with Crippen molar-refractivity contribution in [3.63, 3.8) is 0 Å². The molecule has 0 heterocycles. The minimum atomic E-state index is -0.362. The Morgan fingerprint density at radius 2 is 1.74 bits per heavy atom. The average Bonchev–Trinajstić information content (AvgIpc) is 2.80. The summed E-state index contributed by atoms with van der Waals surface area (Å²) >= 11 is 12.1. The van der Waals surface area contributed by atoms with Crippen molar-refractivity contribution < 1.29 is 14.3 Å². The Morgan fingerprint density at radius 3 is 2.53 bits per heavy atom. The molecule has 0 saturated carbocycles. The van der Waals surface area contributed by atoms with Gasteiger partial charge < -0.3 is 10.1 Å². The standard InChI is InChI=1S/C26H25Cl2N3O3/c1-17-7-8-18(2)23(13-17)30-25(32)11-12-26(33)31-29-15-19-5-3-4-6-24(19)34-16-20-9-10-21(27)14-22(20)28/h3-10,13-15H,11-12,16H2,1-2H3,(H,30,32)(H,31,33). The third-order valence-corrected chi connectivity index (χ3v) is 5.54. The van der Waals surface area contributed by atoms with E-state index in [1.165, 1.54) is 6.21 Å². The van der Waals surface area contributed by atoms with E-state index >= 15 is 0 Å². The van der Waals surface area contributed by atoms with Crippen LogP contribution in [0.25, 0.3) is 0 Å². The number of nitrogens with zero attached hydrogens (tertiary/aromatic N) is 1. The predicted molar refractivity (Wildman–Crippen MR) is 137 cm³/mol. The second kappa shape index (κ2) is 12.2. The Hall–Kier alpha value is -3.35. The van der Waals surface area contributed by atoms with Crippen molar-refractivity contribution in [2.75, 3.05) is 5.32 Å². The first-order chi connectivity index (χ1) is 16.3. The first-order valence-electron chi connectivity index (χ1n) is 10.7. The number of halogens is 2. The third kappa shape index (κ3) is 7.61. The summed E-state index contributed by atoms with van der Waals surface area (Å²) in [4.78, 5) is 24.3. The van der Waals surface area contributed by atoms with Crippen molar-refractivity contribution in [2.45, 2.75) is 33.3 Å². The molecule has 0 fully saturated rings. The number of anilines is 1. The van der Waals surface area contributed by atoms with Crippen LogP contribution in [-0.4, -0.2) is 18.0 Å². The molecule has 0 aromatic heterocycles. The molecule has 0 saturated heterocycles. The van der Waals surface area contributed by atoms with Gasteiger partial charge in [-0.1, -0.05) is 53.5 Å². The number of nitrogens with one attached hydrogen (secondary N) is 2. The SMILES string of the molecule is Cc1ccc(C)c(NC(=O)CCC(=O)NN=Cc2ccccc2OCc2ccc(Cl)cc2Cl)c1. The summed E-state index contributed by atoms with van der Waals surface area (Å²) in [7, 11) is 0. The smallest absolute Gasteiger partial charge is 0.240 e. The molecule has 176 valence electrons. The van der Waals surface area contributed by atoms with E-state index < -0.39 is 0 Å². The van der Waals surface area contributed by atoms with E-state index in [1.54, 1.807) is 24.3 Å².